The second kappa shape index (κ2) is 9.54. The van der Waals surface area contributed by atoms with Crippen LogP contribution in [-0.4, -0.2) is 31.4 Å². The number of halogens is 3. The third-order valence-electron chi connectivity index (χ3n) is 5.51. The van der Waals surface area contributed by atoms with Gasteiger partial charge in [0.25, 0.3) is 0 Å². The van der Waals surface area contributed by atoms with Crippen LogP contribution >= 0.6 is 0 Å². The summed E-state index contributed by atoms with van der Waals surface area (Å²) in [5.41, 5.74) is -0.589. The minimum atomic E-state index is -5.14. The van der Waals surface area contributed by atoms with Gasteiger partial charge in [0.15, 0.2) is 0 Å². The first-order chi connectivity index (χ1) is 15.6. The Morgan fingerprint density at radius 3 is 1.70 bits per heavy atom. The number of alkyl halides is 3. The van der Waals surface area contributed by atoms with Crippen molar-refractivity contribution in [2.75, 3.05) is 14.2 Å². The van der Waals surface area contributed by atoms with Crippen molar-refractivity contribution in [2.24, 2.45) is 0 Å². The molecule has 0 radical (unpaired) electrons. The average Bonchev–Trinajstić information content (AvgIpc) is 2.82. The number of carbonyl (C=O) groups excluding carboxylic acids is 1. The third-order valence-corrected chi connectivity index (χ3v) is 5.51. The van der Waals surface area contributed by atoms with E-state index in [0.717, 1.165) is 0 Å². The quantitative estimate of drug-likeness (QED) is 0.539. The Labute approximate surface area is 189 Å². The standard InChI is InChI=1S/C25H24F3NO4/c1-16-6-4-5-7-21(16)22(29-23(30)25(26,27)28)24(31,17-8-12-19(32-2)13-9-17)18-10-14-20(33-3)15-11-18/h4-15,22,31H,1-3H3,(H,29,30). The summed E-state index contributed by atoms with van der Waals surface area (Å²) in [6, 6.07) is 17.7. The third kappa shape index (κ3) is 4.96. The van der Waals surface area contributed by atoms with Crippen LogP contribution in [0.2, 0.25) is 0 Å². The lowest BCUT2D eigenvalue weighted by Gasteiger charge is -2.39. The van der Waals surface area contributed by atoms with E-state index in [1.54, 1.807) is 79.7 Å². The molecule has 0 aliphatic carbocycles. The van der Waals surface area contributed by atoms with Gasteiger partial charge in [0.05, 0.1) is 20.3 Å². The highest BCUT2D eigenvalue weighted by Gasteiger charge is 2.47. The number of aliphatic hydroxyl groups is 1. The van der Waals surface area contributed by atoms with Gasteiger partial charge in [0.2, 0.25) is 0 Å². The summed E-state index contributed by atoms with van der Waals surface area (Å²) in [7, 11) is 2.95. The van der Waals surface area contributed by atoms with Crippen molar-refractivity contribution in [3.8, 4) is 11.5 Å². The van der Waals surface area contributed by atoms with Crippen molar-refractivity contribution in [1.29, 1.82) is 0 Å². The van der Waals surface area contributed by atoms with Gasteiger partial charge in [-0.2, -0.15) is 13.2 Å². The van der Waals surface area contributed by atoms with Gasteiger partial charge < -0.3 is 19.9 Å². The summed E-state index contributed by atoms with van der Waals surface area (Å²) >= 11 is 0. The number of rotatable bonds is 7. The molecule has 0 bridgehead atoms. The first-order valence-corrected chi connectivity index (χ1v) is 10.1. The topological polar surface area (TPSA) is 67.8 Å². The van der Waals surface area contributed by atoms with Gasteiger partial charge in [-0.05, 0) is 53.4 Å². The molecule has 5 nitrogen and oxygen atoms in total. The highest BCUT2D eigenvalue weighted by Crippen LogP contribution is 2.43. The summed E-state index contributed by atoms with van der Waals surface area (Å²) in [5.74, 6) is -1.15. The highest BCUT2D eigenvalue weighted by atomic mass is 19.4. The molecular weight excluding hydrogens is 435 g/mol. The Kier molecular flexibility index (Phi) is 6.98. The van der Waals surface area contributed by atoms with Crippen molar-refractivity contribution in [3.05, 3.63) is 95.1 Å². The smallest absolute Gasteiger partial charge is 0.471 e. The van der Waals surface area contributed by atoms with E-state index >= 15 is 0 Å². The van der Waals surface area contributed by atoms with Crippen molar-refractivity contribution < 1.29 is 32.5 Å². The van der Waals surface area contributed by atoms with E-state index in [-0.39, 0.29) is 11.1 Å². The fraction of sp³-hybridized carbons (Fsp3) is 0.240. The zero-order valence-corrected chi connectivity index (χ0v) is 18.3. The fourth-order valence-corrected chi connectivity index (χ4v) is 3.72. The number of amides is 1. The number of hydrogen-bond donors (Lipinski definition) is 2. The van der Waals surface area contributed by atoms with E-state index in [9.17, 15) is 23.1 Å². The van der Waals surface area contributed by atoms with Crippen LogP contribution in [0.4, 0.5) is 13.2 Å². The van der Waals surface area contributed by atoms with Gasteiger partial charge in [-0.15, -0.1) is 0 Å². The first-order valence-electron chi connectivity index (χ1n) is 10.1. The molecule has 0 aliphatic heterocycles. The van der Waals surface area contributed by atoms with Crippen LogP contribution in [0.5, 0.6) is 11.5 Å². The maximum absolute atomic E-state index is 13.3. The van der Waals surface area contributed by atoms with Gasteiger partial charge in [-0.3, -0.25) is 4.79 Å². The highest BCUT2D eigenvalue weighted by molar-refractivity contribution is 5.82. The predicted octanol–water partition coefficient (Wildman–Crippen LogP) is 4.67. The molecule has 0 heterocycles. The van der Waals surface area contributed by atoms with Crippen molar-refractivity contribution in [3.63, 3.8) is 0 Å². The molecule has 2 N–H and O–H groups in total. The van der Waals surface area contributed by atoms with E-state index in [2.05, 4.69) is 0 Å². The Bertz CT molecular complexity index is 1050. The molecule has 1 amide bonds. The Hall–Kier alpha value is -3.52. The lowest BCUT2D eigenvalue weighted by Crippen LogP contribution is -2.49. The van der Waals surface area contributed by atoms with Crippen molar-refractivity contribution in [1.82, 2.24) is 5.32 Å². The summed E-state index contributed by atoms with van der Waals surface area (Å²) in [5, 5.41) is 14.2. The maximum atomic E-state index is 13.3. The second-order valence-corrected chi connectivity index (χ2v) is 7.48. The number of ether oxygens (including phenoxy) is 2. The molecule has 3 aromatic rings. The normalized spacial score (nSPS) is 12.7. The van der Waals surface area contributed by atoms with E-state index in [1.807, 2.05) is 5.32 Å². The Morgan fingerprint density at radius 1 is 0.848 bits per heavy atom. The summed E-state index contributed by atoms with van der Waals surface area (Å²) in [6.07, 6.45) is -5.14. The van der Waals surface area contributed by atoms with E-state index in [0.29, 0.717) is 22.6 Å². The van der Waals surface area contributed by atoms with Gasteiger partial charge in [0, 0.05) is 0 Å². The zero-order valence-electron chi connectivity index (χ0n) is 18.3. The lowest BCUT2D eigenvalue weighted by atomic mass is 9.76. The number of aryl methyl sites for hydroxylation is 1. The number of hydrogen-bond acceptors (Lipinski definition) is 4. The molecule has 0 aliphatic rings. The van der Waals surface area contributed by atoms with Crippen molar-refractivity contribution in [2.45, 2.75) is 24.7 Å². The maximum Gasteiger partial charge on any atom is 0.471 e. The van der Waals surface area contributed by atoms with Crippen LogP contribution in [-0.2, 0) is 10.4 Å². The van der Waals surface area contributed by atoms with Crippen LogP contribution in [0.3, 0.4) is 0 Å². The van der Waals surface area contributed by atoms with Gasteiger partial charge in [-0.25, -0.2) is 0 Å². The first kappa shape index (κ1) is 24.1. The minimum Gasteiger partial charge on any atom is -0.497 e. The van der Waals surface area contributed by atoms with E-state index < -0.39 is 23.7 Å². The number of benzene rings is 3. The molecule has 0 saturated heterocycles. The zero-order chi connectivity index (χ0) is 24.2. The number of nitrogens with one attached hydrogen (secondary N) is 1. The van der Waals surface area contributed by atoms with E-state index in [4.69, 9.17) is 9.47 Å². The molecule has 3 rings (SSSR count). The average molecular weight is 459 g/mol. The molecule has 0 fully saturated rings. The van der Waals surface area contributed by atoms with Crippen LogP contribution in [0.25, 0.3) is 0 Å². The Balaban J connectivity index is 2.27. The van der Waals surface area contributed by atoms with Crippen LogP contribution in [0.1, 0.15) is 28.3 Å². The van der Waals surface area contributed by atoms with Crippen LogP contribution < -0.4 is 14.8 Å². The predicted molar refractivity (Wildman–Crippen MR) is 117 cm³/mol. The van der Waals surface area contributed by atoms with Crippen LogP contribution in [0.15, 0.2) is 72.8 Å². The molecule has 1 unspecified atom stereocenters. The van der Waals surface area contributed by atoms with Gasteiger partial charge in [0.1, 0.15) is 17.1 Å². The number of methoxy groups -OCH3 is 2. The molecule has 0 aromatic heterocycles. The molecule has 8 heteroatoms. The molecule has 174 valence electrons. The molecule has 1 atom stereocenters. The molecule has 33 heavy (non-hydrogen) atoms. The monoisotopic (exact) mass is 459 g/mol. The summed E-state index contributed by atoms with van der Waals surface area (Å²) in [6.45, 7) is 1.70. The largest absolute Gasteiger partial charge is 0.497 e. The summed E-state index contributed by atoms with van der Waals surface area (Å²) in [4.78, 5) is 12.1. The molecule has 0 spiro atoms. The van der Waals surface area contributed by atoms with Crippen LogP contribution in [0, 0.1) is 6.92 Å². The Morgan fingerprint density at radius 2 is 1.30 bits per heavy atom. The minimum absolute atomic E-state index is 0.268. The fourth-order valence-electron chi connectivity index (χ4n) is 3.72. The SMILES string of the molecule is COc1ccc(C(O)(c2ccc(OC)cc2)C(NC(=O)C(F)(F)F)c2ccccc2C)cc1. The van der Waals surface area contributed by atoms with E-state index in [1.165, 1.54) is 14.2 Å². The molecule has 3 aromatic carbocycles. The lowest BCUT2D eigenvalue weighted by molar-refractivity contribution is -0.176. The molecule has 0 saturated carbocycles. The van der Waals surface area contributed by atoms with Crippen molar-refractivity contribution >= 4 is 5.91 Å². The molecular formula is C25H24F3NO4. The summed E-state index contributed by atoms with van der Waals surface area (Å²) < 4.78 is 50.2. The van der Waals surface area contributed by atoms with Gasteiger partial charge >= 0.3 is 12.1 Å². The van der Waals surface area contributed by atoms with Gasteiger partial charge in [-0.1, -0.05) is 48.5 Å². The second-order valence-electron chi connectivity index (χ2n) is 7.48. The number of carbonyl (C=O) groups is 1.